The molecule has 0 aliphatic carbocycles. The first-order valence-corrected chi connectivity index (χ1v) is 12.1. The van der Waals surface area contributed by atoms with E-state index in [1.54, 1.807) is 17.9 Å². The van der Waals surface area contributed by atoms with Crippen molar-refractivity contribution >= 4 is 17.7 Å². The van der Waals surface area contributed by atoms with Gasteiger partial charge in [-0.2, -0.15) is 13.2 Å². The Kier molecular flexibility index (Phi) is 9.86. The monoisotopic (exact) mass is 526 g/mol. The molecule has 204 valence electrons. The molecule has 1 aliphatic heterocycles. The molecule has 1 aliphatic rings. The SMILES string of the molecule is C[C@@H]1COC(=O)CCCn2cc(nn2)CO[C@@H](CN(C)C(=O)Nc2ccc(C(F)(F)F)cc2)[C@@H](C)CN1. The summed E-state index contributed by atoms with van der Waals surface area (Å²) in [5.74, 6) is -0.321. The Morgan fingerprint density at radius 2 is 2.00 bits per heavy atom. The number of hydrogen-bond acceptors (Lipinski definition) is 7. The van der Waals surface area contributed by atoms with Crippen molar-refractivity contribution in [2.45, 2.75) is 58.2 Å². The van der Waals surface area contributed by atoms with Crippen LogP contribution in [0.25, 0.3) is 0 Å². The third-order valence-corrected chi connectivity index (χ3v) is 5.98. The summed E-state index contributed by atoms with van der Waals surface area (Å²) in [6.45, 7) is 5.57. The number of hydrogen-bond donors (Lipinski definition) is 2. The summed E-state index contributed by atoms with van der Waals surface area (Å²) < 4.78 is 51.5. The van der Waals surface area contributed by atoms with Crippen molar-refractivity contribution in [2.24, 2.45) is 5.92 Å². The van der Waals surface area contributed by atoms with E-state index in [9.17, 15) is 22.8 Å². The highest BCUT2D eigenvalue weighted by Gasteiger charge is 2.30. The second kappa shape index (κ2) is 12.9. The molecule has 10 nitrogen and oxygen atoms in total. The van der Waals surface area contributed by atoms with Gasteiger partial charge in [0.15, 0.2) is 0 Å². The number of cyclic esters (lactones) is 1. The van der Waals surface area contributed by atoms with E-state index in [4.69, 9.17) is 9.47 Å². The molecule has 0 unspecified atom stereocenters. The van der Waals surface area contributed by atoms with Crippen LogP contribution in [0.1, 0.15) is 37.9 Å². The maximum Gasteiger partial charge on any atom is 0.416 e. The average molecular weight is 527 g/mol. The number of carbonyl (C=O) groups is 2. The Balaban J connectivity index is 1.65. The summed E-state index contributed by atoms with van der Waals surface area (Å²) >= 11 is 0. The zero-order valence-electron chi connectivity index (χ0n) is 21.1. The molecular weight excluding hydrogens is 493 g/mol. The van der Waals surface area contributed by atoms with Crippen LogP contribution >= 0.6 is 0 Å². The van der Waals surface area contributed by atoms with Crippen LogP contribution in [0.3, 0.4) is 0 Å². The number of likely N-dealkylation sites (N-methyl/N-ethyl adjacent to an activating group) is 1. The Labute approximate surface area is 213 Å². The Bertz CT molecular complexity index is 1030. The number of anilines is 1. The van der Waals surface area contributed by atoms with Crippen LogP contribution in [-0.4, -0.2) is 70.8 Å². The summed E-state index contributed by atoms with van der Waals surface area (Å²) in [7, 11) is 1.58. The molecule has 0 spiro atoms. The van der Waals surface area contributed by atoms with Crippen molar-refractivity contribution < 1.29 is 32.2 Å². The van der Waals surface area contributed by atoms with Crippen LogP contribution in [0.15, 0.2) is 30.5 Å². The second-order valence-electron chi connectivity index (χ2n) is 9.28. The minimum absolute atomic E-state index is 0.0533. The summed E-state index contributed by atoms with van der Waals surface area (Å²) in [6, 6.07) is 3.69. The number of fused-ring (bicyclic) bond motifs is 2. The first-order valence-electron chi connectivity index (χ1n) is 12.1. The van der Waals surface area contributed by atoms with Gasteiger partial charge in [-0.25, -0.2) is 4.79 Å². The number of nitrogens with one attached hydrogen (secondary N) is 2. The molecule has 2 amide bonds. The van der Waals surface area contributed by atoms with Gasteiger partial charge in [0.25, 0.3) is 0 Å². The number of nitrogens with zero attached hydrogens (tertiary/aromatic N) is 4. The predicted molar refractivity (Wildman–Crippen MR) is 129 cm³/mol. The van der Waals surface area contributed by atoms with Crippen LogP contribution in [0.2, 0.25) is 0 Å². The number of urea groups is 1. The van der Waals surface area contributed by atoms with E-state index in [-0.39, 0.29) is 49.8 Å². The molecule has 0 saturated heterocycles. The quantitative estimate of drug-likeness (QED) is 0.591. The lowest BCUT2D eigenvalue weighted by Crippen LogP contribution is -2.44. The third-order valence-electron chi connectivity index (χ3n) is 5.98. The topological polar surface area (TPSA) is 111 Å². The van der Waals surface area contributed by atoms with Crippen LogP contribution in [0, 0.1) is 5.92 Å². The molecule has 2 bridgehead atoms. The molecule has 3 rings (SSSR count). The number of rotatable bonds is 3. The molecule has 13 heteroatoms. The van der Waals surface area contributed by atoms with E-state index < -0.39 is 23.9 Å². The first kappa shape index (κ1) is 28.4. The van der Waals surface area contributed by atoms with Crippen molar-refractivity contribution in [3.8, 4) is 0 Å². The highest BCUT2D eigenvalue weighted by atomic mass is 19.4. The van der Waals surface area contributed by atoms with Gasteiger partial charge in [-0.05, 0) is 43.5 Å². The maximum absolute atomic E-state index is 12.8. The number of halogens is 3. The number of alkyl halides is 3. The van der Waals surface area contributed by atoms with Gasteiger partial charge >= 0.3 is 18.2 Å². The number of esters is 1. The molecule has 0 saturated carbocycles. The number of benzene rings is 1. The lowest BCUT2D eigenvalue weighted by atomic mass is 10.0. The number of amides is 2. The molecule has 0 radical (unpaired) electrons. The second-order valence-corrected chi connectivity index (χ2v) is 9.28. The van der Waals surface area contributed by atoms with E-state index in [0.29, 0.717) is 25.2 Å². The van der Waals surface area contributed by atoms with E-state index in [2.05, 4.69) is 20.9 Å². The van der Waals surface area contributed by atoms with Gasteiger partial charge < -0.3 is 25.0 Å². The zero-order valence-corrected chi connectivity index (χ0v) is 21.1. The Hall–Kier alpha value is -3.19. The Morgan fingerprint density at radius 1 is 1.27 bits per heavy atom. The average Bonchev–Trinajstić information content (AvgIpc) is 3.30. The van der Waals surface area contributed by atoms with Crippen LogP contribution < -0.4 is 10.6 Å². The van der Waals surface area contributed by atoms with Crippen LogP contribution in [0.4, 0.5) is 23.7 Å². The normalized spacial score (nSPS) is 22.2. The van der Waals surface area contributed by atoms with Crippen molar-refractivity contribution in [3.63, 3.8) is 0 Å². The van der Waals surface area contributed by atoms with E-state index in [1.165, 1.54) is 17.0 Å². The van der Waals surface area contributed by atoms with Gasteiger partial charge in [-0.3, -0.25) is 9.48 Å². The summed E-state index contributed by atoms with van der Waals surface area (Å²) in [4.78, 5) is 26.1. The summed E-state index contributed by atoms with van der Waals surface area (Å²) in [5.41, 5.74) is 0.0732. The fourth-order valence-electron chi connectivity index (χ4n) is 3.67. The van der Waals surface area contributed by atoms with Gasteiger partial charge in [0.2, 0.25) is 0 Å². The molecule has 0 fully saturated rings. The summed E-state index contributed by atoms with van der Waals surface area (Å²) in [6.07, 6.45) is -2.24. The molecule has 3 atom stereocenters. The van der Waals surface area contributed by atoms with Gasteiger partial charge in [-0.15, -0.1) is 5.10 Å². The van der Waals surface area contributed by atoms with E-state index in [1.807, 2.05) is 13.8 Å². The Morgan fingerprint density at radius 3 is 2.70 bits per heavy atom. The highest BCUT2D eigenvalue weighted by Crippen LogP contribution is 2.29. The number of aryl methyl sites for hydroxylation is 1. The molecule has 2 N–H and O–H groups in total. The van der Waals surface area contributed by atoms with Crippen molar-refractivity contribution in [3.05, 3.63) is 41.7 Å². The van der Waals surface area contributed by atoms with Gasteiger partial charge in [-0.1, -0.05) is 12.1 Å². The molecular formula is C24H33F3N6O4. The molecule has 37 heavy (non-hydrogen) atoms. The van der Waals surface area contributed by atoms with Crippen molar-refractivity contribution in [1.29, 1.82) is 0 Å². The van der Waals surface area contributed by atoms with Gasteiger partial charge in [0.05, 0.1) is 24.5 Å². The maximum atomic E-state index is 12.8. The lowest BCUT2D eigenvalue weighted by molar-refractivity contribution is -0.144. The van der Waals surface area contributed by atoms with Crippen molar-refractivity contribution in [1.82, 2.24) is 25.2 Å². The number of ether oxygens (including phenoxy) is 2. The van der Waals surface area contributed by atoms with Gasteiger partial charge in [0, 0.05) is 44.8 Å². The summed E-state index contributed by atoms with van der Waals surface area (Å²) in [5, 5.41) is 14.1. The van der Waals surface area contributed by atoms with Crippen molar-refractivity contribution in [2.75, 3.05) is 32.1 Å². The van der Waals surface area contributed by atoms with Crippen LogP contribution in [-0.2, 0) is 33.6 Å². The van der Waals surface area contributed by atoms with Gasteiger partial charge in [0.1, 0.15) is 12.3 Å². The number of aromatic nitrogens is 3. The first-order chi connectivity index (χ1) is 17.5. The zero-order chi connectivity index (χ0) is 27.0. The minimum Gasteiger partial charge on any atom is -0.464 e. The molecule has 1 aromatic heterocycles. The largest absolute Gasteiger partial charge is 0.464 e. The van der Waals surface area contributed by atoms with Crippen LogP contribution in [0.5, 0.6) is 0 Å². The fraction of sp³-hybridized carbons (Fsp3) is 0.583. The third kappa shape index (κ3) is 9.01. The fourth-order valence-corrected chi connectivity index (χ4v) is 3.67. The van der Waals surface area contributed by atoms with E-state index in [0.717, 1.165) is 12.1 Å². The standard InChI is InChI=1S/C24H33F3N6O4/c1-16-11-28-17(2)14-37-22(34)5-4-10-33-12-20(30-31-33)15-36-21(16)13-32(3)23(35)29-19-8-6-18(7-9-19)24(25,26)27/h6-9,12,16-17,21,28H,4-5,10-11,13-15H2,1-3H3,(H,29,35)/t16-,17+,21-/m0/s1. The smallest absolute Gasteiger partial charge is 0.416 e. The molecule has 2 heterocycles. The highest BCUT2D eigenvalue weighted by molar-refractivity contribution is 5.89. The minimum atomic E-state index is -4.45. The predicted octanol–water partition coefficient (Wildman–Crippen LogP) is 3.30. The molecule has 2 aromatic rings. The number of carbonyl (C=O) groups excluding carboxylic acids is 2. The van der Waals surface area contributed by atoms with E-state index >= 15 is 0 Å². The lowest BCUT2D eigenvalue weighted by Gasteiger charge is -2.30. The molecule has 1 aromatic carbocycles.